The smallest absolute Gasteiger partial charge is 0.244 e. The highest BCUT2D eigenvalue weighted by Gasteiger charge is 2.48. The zero-order valence-corrected chi connectivity index (χ0v) is 13.4. The van der Waals surface area contributed by atoms with Crippen LogP contribution in [0.2, 0.25) is 5.02 Å². The molecule has 3 nitrogen and oxygen atoms in total. The van der Waals surface area contributed by atoms with E-state index in [1.807, 2.05) is 43.0 Å². The second-order valence-electron chi connectivity index (χ2n) is 5.76. The number of carbonyl (C=O) groups is 1. The SMILES string of the molecule is CCC(C)N1C(=O)C(C)(CC)NC1c1cccc(Cl)c1. The second kappa shape index (κ2) is 5.74. The number of benzene rings is 1. The minimum Gasteiger partial charge on any atom is -0.319 e. The van der Waals surface area contributed by atoms with Gasteiger partial charge in [0.15, 0.2) is 0 Å². The van der Waals surface area contributed by atoms with Gasteiger partial charge in [-0.3, -0.25) is 10.1 Å². The van der Waals surface area contributed by atoms with Gasteiger partial charge in [-0.05, 0) is 44.4 Å². The maximum atomic E-state index is 12.8. The van der Waals surface area contributed by atoms with Crippen LogP contribution < -0.4 is 5.32 Å². The van der Waals surface area contributed by atoms with Crippen LogP contribution in [0.5, 0.6) is 0 Å². The molecule has 0 radical (unpaired) electrons. The standard InChI is InChI=1S/C16H23ClN2O/c1-5-11(3)19-14(12-8-7-9-13(17)10-12)18-16(4,6-2)15(19)20/h7-11,14,18H,5-6H2,1-4H3. The number of nitrogens with zero attached hydrogens (tertiary/aromatic N) is 1. The Hall–Kier alpha value is -1.06. The van der Waals surface area contributed by atoms with Gasteiger partial charge in [-0.25, -0.2) is 0 Å². The number of hydrogen-bond acceptors (Lipinski definition) is 2. The molecule has 1 aromatic rings. The van der Waals surface area contributed by atoms with Crippen LogP contribution >= 0.6 is 11.6 Å². The first-order valence-corrected chi connectivity index (χ1v) is 7.66. The molecule has 1 heterocycles. The number of halogens is 1. The summed E-state index contributed by atoms with van der Waals surface area (Å²) in [5.74, 6) is 0.180. The van der Waals surface area contributed by atoms with Gasteiger partial charge in [0.1, 0.15) is 6.17 Å². The van der Waals surface area contributed by atoms with Crippen molar-refractivity contribution >= 4 is 17.5 Å². The number of carbonyl (C=O) groups excluding carboxylic acids is 1. The lowest BCUT2D eigenvalue weighted by molar-refractivity contribution is -0.135. The average Bonchev–Trinajstić information content (AvgIpc) is 2.71. The van der Waals surface area contributed by atoms with Gasteiger partial charge in [0.25, 0.3) is 0 Å². The van der Waals surface area contributed by atoms with Crippen molar-refractivity contribution in [3.05, 3.63) is 34.9 Å². The van der Waals surface area contributed by atoms with E-state index in [-0.39, 0.29) is 18.1 Å². The van der Waals surface area contributed by atoms with Gasteiger partial charge in [-0.2, -0.15) is 0 Å². The van der Waals surface area contributed by atoms with Crippen molar-refractivity contribution in [1.29, 1.82) is 0 Å². The minimum atomic E-state index is -0.490. The van der Waals surface area contributed by atoms with Crippen molar-refractivity contribution in [3.8, 4) is 0 Å². The molecule has 1 N–H and O–H groups in total. The molecule has 1 aliphatic rings. The fourth-order valence-corrected chi connectivity index (χ4v) is 2.86. The van der Waals surface area contributed by atoms with E-state index < -0.39 is 5.54 Å². The van der Waals surface area contributed by atoms with Gasteiger partial charge in [-0.1, -0.05) is 37.6 Å². The molecule has 110 valence electrons. The molecule has 3 unspecified atom stereocenters. The van der Waals surface area contributed by atoms with Crippen molar-refractivity contribution in [3.63, 3.8) is 0 Å². The Bertz CT molecular complexity index is 505. The third-order valence-electron chi connectivity index (χ3n) is 4.38. The number of rotatable bonds is 4. The van der Waals surface area contributed by atoms with E-state index in [1.54, 1.807) is 0 Å². The van der Waals surface area contributed by atoms with Gasteiger partial charge in [0, 0.05) is 11.1 Å². The van der Waals surface area contributed by atoms with Gasteiger partial charge >= 0.3 is 0 Å². The minimum absolute atomic E-state index is 0.0962. The third-order valence-corrected chi connectivity index (χ3v) is 4.61. The Balaban J connectivity index is 2.42. The van der Waals surface area contributed by atoms with E-state index in [2.05, 4.69) is 19.2 Å². The number of hydrogen-bond donors (Lipinski definition) is 1. The van der Waals surface area contributed by atoms with Crippen molar-refractivity contribution in [2.45, 2.75) is 58.3 Å². The summed E-state index contributed by atoms with van der Waals surface area (Å²) >= 11 is 6.09. The van der Waals surface area contributed by atoms with E-state index in [9.17, 15) is 4.79 Å². The fraction of sp³-hybridized carbons (Fsp3) is 0.562. The predicted molar refractivity (Wildman–Crippen MR) is 82.6 cm³/mol. The molecule has 20 heavy (non-hydrogen) atoms. The molecule has 4 heteroatoms. The second-order valence-corrected chi connectivity index (χ2v) is 6.19. The Morgan fingerprint density at radius 3 is 2.70 bits per heavy atom. The lowest BCUT2D eigenvalue weighted by Crippen LogP contribution is -2.44. The van der Waals surface area contributed by atoms with Crippen LogP contribution in [0, 0.1) is 0 Å². The van der Waals surface area contributed by atoms with Gasteiger partial charge in [0.2, 0.25) is 5.91 Å². The number of amides is 1. The Labute approximate surface area is 126 Å². The van der Waals surface area contributed by atoms with E-state index in [4.69, 9.17) is 11.6 Å². The third kappa shape index (κ3) is 2.57. The Kier molecular flexibility index (Phi) is 4.40. The average molecular weight is 295 g/mol. The molecule has 0 spiro atoms. The zero-order valence-electron chi connectivity index (χ0n) is 12.6. The van der Waals surface area contributed by atoms with Gasteiger partial charge < -0.3 is 4.90 Å². The van der Waals surface area contributed by atoms with Crippen LogP contribution in [-0.2, 0) is 4.79 Å². The molecule has 1 saturated heterocycles. The highest BCUT2D eigenvalue weighted by molar-refractivity contribution is 6.30. The summed E-state index contributed by atoms with van der Waals surface area (Å²) in [6.45, 7) is 8.22. The largest absolute Gasteiger partial charge is 0.319 e. The molecular formula is C16H23ClN2O. The summed E-state index contributed by atoms with van der Waals surface area (Å²) in [4.78, 5) is 14.7. The molecule has 0 bridgehead atoms. The maximum Gasteiger partial charge on any atom is 0.244 e. The van der Waals surface area contributed by atoms with E-state index in [0.29, 0.717) is 5.02 Å². The van der Waals surface area contributed by atoms with Crippen molar-refractivity contribution in [1.82, 2.24) is 10.2 Å². The lowest BCUT2D eigenvalue weighted by Gasteiger charge is -2.30. The topological polar surface area (TPSA) is 32.3 Å². The Morgan fingerprint density at radius 2 is 2.15 bits per heavy atom. The summed E-state index contributed by atoms with van der Waals surface area (Å²) in [6, 6.07) is 7.94. The van der Waals surface area contributed by atoms with Crippen LogP contribution in [0.25, 0.3) is 0 Å². The first-order chi connectivity index (χ1) is 9.42. The first-order valence-electron chi connectivity index (χ1n) is 7.29. The monoisotopic (exact) mass is 294 g/mol. The molecule has 2 rings (SSSR count). The van der Waals surface area contributed by atoms with E-state index in [0.717, 1.165) is 18.4 Å². The van der Waals surface area contributed by atoms with Crippen LogP contribution in [0.3, 0.4) is 0 Å². The highest BCUT2D eigenvalue weighted by Crippen LogP contribution is 2.35. The molecule has 1 amide bonds. The summed E-state index contributed by atoms with van der Waals surface area (Å²) in [5.41, 5.74) is 0.555. The summed E-state index contributed by atoms with van der Waals surface area (Å²) in [6.07, 6.45) is 1.61. The van der Waals surface area contributed by atoms with Crippen molar-refractivity contribution < 1.29 is 4.79 Å². The molecular weight excluding hydrogens is 272 g/mol. The van der Waals surface area contributed by atoms with E-state index >= 15 is 0 Å². The quantitative estimate of drug-likeness (QED) is 0.917. The Morgan fingerprint density at radius 1 is 1.45 bits per heavy atom. The zero-order chi connectivity index (χ0) is 14.9. The lowest BCUT2D eigenvalue weighted by atomic mass is 9.99. The van der Waals surface area contributed by atoms with Gasteiger partial charge in [-0.15, -0.1) is 0 Å². The highest BCUT2D eigenvalue weighted by atomic mass is 35.5. The molecule has 0 saturated carbocycles. The van der Waals surface area contributed by atoms with E-state index in [1.165, 1.54) is 0 Å². The maximum absolute atomic E-state index is 12.8. The summed E-state index contributed by atoms with van der Waals surface area (Å²) < 4.78 is 0. The summed E-state index contributed by atoms with van der Waals surface area (Å²) in [5, 5.41) is 4.19. The molecule has 0 aromatic heterocycles. The van der Waals surface area contributed by atoms with Crippen LogP contribution in [0.1, 0.15) is 52.3 Å². The van der Waals surface area contributed by atoms with Gasteiger partial charge in [0.05, 0.1) is 5.54 Å². The summed E-state index contributed by atoms with van der Waals surface area (Å²) in [7, 11) is 0. The fourth-order valence-electron chi connectivity index (χ4n) is 2.66. The molecule has 3 atom stereocenters. The molecule has 1 fully saturated rings. The van der Waals surface area contributed by atoms with Crippen LogP contribution in [0.4, 0.5) is 0 Å². The molecule has 0 aliphatic carbocycles. The van der Waals surface area contributed by atoms with Crippen molar-refractivity contribution in [2.24, 2.45) is 0 Å². The number of nitrogens with one attached hydrogen (secondary N) is 1. The predicted octanol–water partition coefficient (Wildman–Crippen LogP) is 3.74. The van der Waals surface area contributed by atoms with Crippen LogP contribution in [-0.4, -0.2) is 22.4 Å². The molecule has 1 aliphatic heterocycles. The van der Waals surface area contributed by atoms with Crippen LogP contribution in [0.15, 0.2) is 24.3 Å². The first kappa shape index (κ1) is 15.3. The van der Waals surface area contributed by atoms with Crippen molar-refractivity contribution in [2.75, 3.05) is 0 Å². The molecule has 1 aromatic carbocycles. The normalized spacial score (nSPS) is 27.9.